The van der Waals surface area contributed by atoms with Crippen LogP contribution in [0.2, 0.25) is 0 Å². The standard InChI is InChI=1S/C18H21N3O3/c1-11-4-5-13(8-12(11)2)14-9-15(20-19-14)16(22)21-7-6-18(3,10-21)17(23)24/h4-5,8-9H,6-7,10H2,1-3H3,(H,19,20)(H,23,24). The SMILES string of the molecule is Cc1ccc(-c2cc(C(=O)N3CCC(C)(C(=O)O)C3)[nH]n2)cc1C. The van der Waals surface area contributed by atoms with E-state index in [0.717, 1.165) is 5.56 Å². The molecule has 126 valence electrons. The number of carbonyl (C=O) groups excluding carboxylic acids is 1. The third kappa shape index (κ3) is 2.79. The number of aromatic amines is 1. The lowest BCUT2D eigenvalue weighted by Crippen LogP contribution is -2.35. The number of carboxylic acid groups (broad SMARTS) is 1. The minimum atomic E-state index is -0.868. The minimum absolute atomic E-state index is 0.206. The lowest BCUT2D eigenvalue weighted by molar-refractivity contribution is -0.147. The number of H-pyrrole nitrogens is 1. The Morgan fingerprint density at radius 3 is 2.62 bits per heavy atom. The molecule has 1 unspecified atom stereocenters. The Kier molecular flexibility index (Phi) is 3.91. The van der Waals surface area contributed by atoms with Crippen molar-refractivity contribution in [3.05, 3.63) is 41.1 Å². The Labute approximate surface area is 140 Å². The summed E-state index contributed by atoms with van der Waals surface area (Å²) in [5.74, 6) is -1.07. The first-order valence-electron chi connectivity index (χ1n) is 7.96. The normalized spacial score (nSPS) is 20.4. The maximum atomic E-state index is 12.6. The maximum absolute atomic E-state index is 12.6. The molecule has 0 bridgehead atoms. The molecular weight excluding hydrogens is 306 g/mol. The van der Waals surface area contributed by atoms with E-state index >= 15 is 0 Å². The van der Waals surface area contributed by atoms with Crippen LogP contribution in [-0.2, 0) is 4.79 Å². The smallest absolute Gasteiger partial charge is 0.311 e. The third-order valence-corrected chi connectivity index (χ3v) is 4.89. The summed E-state index contributed by atoms with van der Waals surface area (Å²) in [5, 5.41) is 16.3. The Hall–Kier alpha value is -2.63. The van der Waals surface area contributed by atoms with Gasteiger partial charge in [0.15, 0.2) is 0 Å². The van der Waals surface area contributed by atoms with Crippen molar-refractivity contribution >= 4 is 11.9 Å². The van der Waals surface area contributed by atoms with Crippen LogP contribution in [0.4, 0.5) is 0 Å². The monoisotopic (exact) mass is 327 g/mol. The summed E-state index contributed by atoms with van der Waals surface area (Å²) in [6.45, 7) is 6.43. The molecule has 1 amide bonds. The maximum Gasteiger partial charge on any atom is 0.311 e. The van der Waals surface area contributed by atoms with Crippen molar-refractivity contribution in [2.75, 3.05) is 13.1 Å². The Balaban J connectivity index is 1.79. The summed E-state index contributed by atoms with van der Waals surface area (Å²) in [6.07, 6.45) is 0.465. The predicted molar refractivity (Wildman–Crippen MR) is 89.8 cm³/mol. The number of aromatic nitrogens is 2. The van der Waals surface area contributed by atoms with Gasteiger partial charge in [0, 0.05) is 18.7 Å². The third-order valence-electron chi connectivity index (χ3n) is 4.89. The summed E-state index contributed by atoms with van der Waals surface area (Å²) in [6, 6.07) is 7.77. The number of nitrogens with zero attached hydrogens (tertiary/aromatic N) is 2. The van der Waals surface area contributed by atoms with Gasteiger partial charge in [-0.15, -0.1) is 0 Å². The molecule has 2 N–H and O–H groups in total. The molecule has 0 aliphatic carbocycles. The molecule has 1 saturated heterocycles. The highest BCUT2D eigenvalue weighted by Crippen LogP contribution is 2.31. The van der Waals surface area contributed by atoms with E-state index in [4.69, 9.17) is 0 Å². The molecule has 1 aliphatic rings. The van der Waals surface area contributed by atoms with Gasteiger partial charge in [-0.1, -0.05) is 12.1 Å². The average molecular weight is 327 g/mol. The van der Waals surface area contributed by atoms with E-state index < -0.39 is 11.4 Å². The predicted octanol–water partition coefficient (Wildman–Crippen LogP) is 2.63. The van der Waals surface area contributed by atoms with E-state index in [0.29, 0.717) is 24.4 Å². The summed E-state index contributed by atoms with van der Waals surface area (Å²) in [5.41, 5.74) is 3.55. The highest BCUT2D eigenvalue weighted by atomic mass is 16.4. The van der Waals surface area contributed by atoms with E-state index in [9.17, 15) is 14.7 Å². The van der Waals surface area contributed by atoms with Crippen LogP contribution < -0.4 is 0 Å². The number of amides is 1. The molecule has 6 nitrogen and oxygen atoms in total. The molecule has 0 radical (unpaired) electrons. The van der Waals surface area contributed by atoms with E-state index in [1.807, 2.05) is 32.0 Å². The van der Waals surface area contributed by atoms with Gasteiger partial charge in [-0.05, 0) is 50.5 Å². The van der Waals surface area contributed by atoms with Crippen molar-refractivity contribution in [1.29, 1.82) is 0 Å². The van der Waals surface area contributed by atoms with Crippen LogP contribution in [0, 0.1) is 19.3 Å². The second-order valence-corrected chi connectivity index (χ2v) is 6.81. The number of nitrogens with one attached hydrogen (secondary N) is 1. The molecule has 1 fully saturated rings. The molecule has 0 saturated carbocycles. The first-order valence-corrected chi connectivity index (χ1v) is 7.96. The van der Waals surface area contributed by atoms with Crippen LogP contribution in [-0.4, -0.2) is 45.2 Å². The van der Waals surface area contributed by atoms with Crippen molar-refractivity contribution in [2.24, 2.45) is 5.41 Å². The van der Waals surface area contributed by atoms with Gasteiger partial charge < -0.3 is 10.0 Å². The molecule has 1 atom stereocenters. The van der Waals surface area contributed by atoms with Crippen LogP contribution in [0.5, 0.6) is 0 Å². The van der Waals surface area contributed by atoms with E-state index in [1.165, 1.54) is 11.1 Å². The van der Waals surface area contributed by atoms with Crippen molar-refractivity contribution in [3.8, 4) is 11.3 Å². The van der Waals surface area contributed by atoms with Crippen molar-refractivity contribution in [2.45, 2.75) is 27.2 Å². The Morgan fingerprint density at radius 1 is 1.25 bits per heavy atom. The quantitative estimate of drug-likeness (QED) is 0.907. The van der Waals surface area contributed by atoms with Crippen molar-refractivity contribution in [1.82, 2.24) is 15.1 Å². The topological polar surface area (TPSA) is 86.3 Å². The molecule has 2 aromatic rings. The van der Waals surface area contributed by atoms with E-state index in [-0.39, 0.29) is 12.5 Å². The first-order chi connectivity index (χ1) is 11.3. The van der Waals surface area contributed by atoms with Gasteiger partial charge in [-0.25, -0.2) is 0 Å². The number of hydrogen-bond acceptors (Lipinski definition) is 3. The molecule has 6 heteroatoms. The van der Waals surface area contributed by atoms with Crippen LogP contribution in [0.3, 0.4) is 0 Å². The van der Waals surface area contributed by atoms with Crippen LogP contribution in [0.25, 0.3) is 11.3 Å². The van der Waals surface area contributed by atoms with Crippen LogP contribution in [0.15, 0.2) is 24.3 Å². The van der Waals surface area contributed by atoms with Gasteiger partial charge in [-0.2, -0.15) is 5.10 Å². The lowest BCUT2D eigenvalue weighted by Gasteiger charge is -2.19. The molecule has 1 aromatic carbocycles. The Morgan fingerprint density at radius 2 is 2.00 bits per heavy atom. The van der Waals surface area contributed by atoms with Crippen LogP contribution in [0.1, 0.15) is 35.0 Å². The molecule has 24 heavy (non-hydrogen) atoms. The molecule has 2 heterocycles. The highest BCUT2D eigenvalue weighted by Gasteiger charge is 2.42. The summed E-state index contributed by atoms with van der Waals surface area (Å²) < 4.78 is 0. The number of hydrogen-bond donors (Lipinski definition) is 2. The van der Waals surface area contributed by atoms with Crippen LogP contribution >= 0.6 is 0 Å². The Bertz CT molecular complexity index is 812. The number of rotatable bonds is 3. The molecular formula is C18H21N3O3. The highest BCUT2D eigenvalue weighted by molar-refractivity contribution is 5.94. The minimum Gasteiger partial charge on any atom is -0.481 e. The second-order valence-electron chi connectivity index (χ2n) is 6.81. The summed E-state index contributed by atoms with van der Waals surface area (Å²) in [7, 11) is 0. The van der Waals surface area contributed by atoms with Gasteiger partial charge in [0.1, 0.15) is 5.69 Å². The van der Waals surface area contributed by atoms with Gasteiger partial charge in [0.25, 0.3) is 5.91 Å². The fourth-order valence-electron chi connectivity index (χ4n) is 2.96. The number of carboxylic acids is 1. The second kappa shape index (κ2) is 5.78. The molecule has 1 aromatic heterocycles. The average Bonchev–Trinajstić information content (AvgIpc) is 3.17. The largest absolute Gasteiger partial charge is 0.481 e. The van der Waals surface area contributed by atoms with Gasteiger partial charge >= 0.3 is 5.97 Å². The zero-order chi connectivity index (χ0) is 17.5. The first kappa shape index (κ1) is 16.2. The lowest BCUT2D eigenvalue weighted by atomic mass is 9.90. The number of likely N-dealkylation sites (tertiary alicyclic amines) is 1. The molecule has 1 aliphatic heterocycles. The zero-order valence-electron chi connectivity index (χ0n) is 14.1. The van der Waals surface area contributed by atoms with E-state index in [2.05, 4.69) is 10.2 Å². The summed E-state index contributed by atoms with van der Waals surface area (Å²) in [4.78, 5) is 25.5. The fraction of sp³-hybridized carbons (Fsp3) is 0.389. The molecule has 0 spiro atoms. The van der Waals surface area contributed by atoms with Crippen molar-refractivity contribution < 1.29 is 14.7 Å². The summed E-state index contributed by atoms with van der Waals surface area (Å²) >= 11 is 0. The van der Waals surface area contributed by atoms with Gasteiger partial charge in [0.05, 0.1) is 11.1 Å². The zero-order valence-corrected chi connectivity index (χ0v) is 14.1. The van der Waals surface area contributed by atoms with E-state index in [1.54, 1.807) is 17.9 Å². The number of aryl methyl sites for hydroxylation is 2. The number of carbonyl (C=O) groups is 2. The van der Waals surface area contributed by atoms with Crippen molar-refractivity contribution in [3.63, 3.8) is 0 Å². The number of benzene rings is 1. The fourth-order valence-corrected chi connectivity index (χ4v) is 2.96. The number of aliphatic carboxylic acids is 1. The van der Waals surface area contributed by atoms with Gasteiger partial charge in [0.2, 0.25) is 0 Å². The van der Waals surface area contributed by atoms with Gasteiger partial charge in [-0.3, -0.25) is 14.7 Å². The molecule has 3 rings (SSSR count).